The van der Waals surface area contributed by atoms with Gasteiger partial charge in [0.05, 0.1) is 55.2 Å². The zero-order valence-corrected chi connectivity index (χ0v) is 23.5. The zero-order valence-electron chi connectivity index (χ0n) is 22.0. The first-order chi connectivity index (χ1) is 17.1. The van der Waals surface area contributed by atoms with Crippen LogP contribution >= 0.6 is 16.1 Å². The van der Waals surface area contributed by atoms with Crippen LogP contribution in [0.2, 0.25) is 0 Å². The zero-order chi connectivity index (χ0) is 26.6. The van der Waals surface area contributed by atoms with E-state index in [4.69, 9.17) is 18.9 Å². The van der Waals surface area contributed by atoms with Crippen LogP contribution in [0.3, 0.4) is 0 Å². The Morgan fingerprint density at radius 1 is 1.03 bits per heavy atom. The molecule has 0 fully saturated rings. The van der Waals surface area contributed by atoms with E-state index in [1.807, 2.05) is 19.9 Å². The van der Waals surface area contributed by atoms with E-state index in [-0.39, 0.29) is 30.1 Å². The third-order valence-electron chi connectivity index (χ3n) is 5.85. The highest BCUT2D eigenvalue weighted by Crippen LogP contribution is 2.41. The Labute approximate surface area is 220 Å². The van der Waals surface area contributed by atoms with Gasteiger partial charge in [-0.15, -0.1) is 0 Å². The summed E-state index contributed by atoms with van der Waals surface area (Å²) in [6.45, 7) is 13.0. The fraction of sp³-hybridized carbons (Fsp3) is 0.481. The number of methoxy groups -OCH3 is 1. The number of Topliss-reactive ketones (excluding diaryl/α,β-unsaturated/α-hetero) is 1. The molecule has 196 valence electrons. The van der Waals surface area contributed by atoms with Gasteiger partial charge in [-0.3, -0.25) is 4.79 Å². The van der Waals surface area contributed by atoms with E-state index in [0.29, 0.717) is 59.5 Å². The van der Waals surface area contributed by atoms with Crippen molar-refractivity contribution in [3.8, 4) is 23.0 Å². The Morgan fingerprint density at radius 3 is 2.17 bits per heavy atom. The van der Waals surface area contributed by atoms with E-state index in [9.17, 15) is 4.79 Å². The largest absolute Gasteiger partial charge is 0.493 e. The molecule has 0 radical (unpaired) electrons. The minimum Gasteiger partial charge on any atom is -0.493 e. The number of rotatable bonds is 10. The molecule has 9 heteroatoms. The van der Waals surface area contributed by atoms with Gasteiger partial charge in [0.25, 0.3) is 0 Å². The highest BCUT2D eigenvalue weighted by molar-refractivity contribution is 9.08. The molecule has 36 heavy (non-hydrogen) atoms. The number of hydrogen-bond acceptors (Lipinski definition) is 6. The highest BCUT2D eigenvalue weighted by atomic mass is 79.9. The maximum absolute atomic E-state index is 15.6. The van der Waals surface area contributed by atoms with E-state index in [0.717, 1.165) is 5.56 Å². The number of carbonyl (C=O) groups is 1. The van der Waals surface area contributed by atoms with Crippen LogP contribution in [-0.2, 0) is 12.0 Å². The Hall–Kier alpha value is -2.81. The second-order valence-electron chi connectivity index (χ2n) is 9.34. The fourth-order valence-corrected chi connectivity index (χ4v) is 4.69. The number of nitrogens with zero attached hydrogens (tertiary/aromatic N) is 2. The molecule has 2 aromatic carbocycles. The predicted octanol–water partition coefficient (Wildman–Crippen LogP) is 6.08. The van der Waals surface area contributed by atoms with Gasteiger partial charge in [-0.2, -0.15) is 4.02 Å². The monoisotopic (exact) mass is 564 g/mol. The van der Waals surface area contributed by atoms with Crippen LogP contribution in [0.4, 0.5) is 4.39 Å². The summed E-state index contributed by atoms with van der Waals surface area (Å²) >= 11 is 3.13. The van der Waals surface area contributed by atoms with Gasteiger partial charge in [0.15, 0.2) is 34.6 Å². The van der Waals surface area contributed by atoms with Crippen molar-refractivity contribution in [1.82, 2.24) is 4.90 Å². The average molecular weight is 565 g/mol. The molecule has 0 saturated carbocycles. The average Bonchev–Trinajstić information content (AvgIpc) is 3.17. The van der Waals surface area contributed by atoms with Gasteiger partial charge in [0.1, 0.15) is 5.84 Å². The first-order valence-corrected chi connectivity index (χ1v) is 12.8. The van der Waals surface area contributed by atoms with Gasteiger partial charge in [0, 0.05) is 17.7 Å². The summed E-state index contributed by atoms with van der Waals surface area (Å²) in [6, 6.07) is 5.31. The first kappa shape index (κ1) is 27.8. The maximum Gasteiger partial charge on any atom is 0.197 e. The molecule has 0 aliphatic carbocycles. The van der Waals surface area contributed by atoms with Crippen molar-refractivity contribution >= 4 is 27.8 Å². The molecule has 0 aromatic heterocycles. The lowest BCUT2D eigenvalue weighted by molar-refractivity contribution is 0.0962. The van der Waals surface area contributed by atoms with Crippen molar-refractivity contribution in [3.05, 3.63) is 46.3 Å². The molecular weight excluding hydrogens is 531 g/mol. The summed E-state index contributed by atoms with van der Waals surface area (Å²) in [6.07, 6.45) is 0. The maximum atomic E-state index is 15.6. The Bertz CT molecular complexity index is 1160. The molecule has 0 bridgehead atoms. The summed E-state index contributed by atoms with van der Waals surface area (Å²) < 4.78 is 42.3. The molecule has 0 N–H and O–H groups in total. The number of amidine groups is 1. The van der Waals surface area contributed by atoms with Gasteiger partial charge in [-0.25, -0.2) is 4.39 Å². The van der Waals surface area contributed by atoms with Gasteiger partial charge < -0.3 is 23.8 Å². The van der Waals surface area contributed by atoms with Crippen LogP contribution in [0.25, 0.3) is 0 Å². The van der Waals surface area contributed by atoms with Crippen LogP contribution in [0.5, 0.6) is 23.0 Å². The minimum atomic E-state index is -0.552. The molecule has 0 amide bonds. The quantitative estimate of drug-likeness (QED) is 0.325. The van der Waals surface area contributed by atoms with E-state index >= 15 is 4.39 Å². The topological polar surface area (TPSA) is 69.6 Å². The molecule has 3 rings (SSSR count). The summed E-state index contributed by atoms with van der Waals surface area (Å²) in [5.41, 5.74) is 2.04. The number of hydrogen-bond donors (Lipinski definition) is 0. The first-order valence-electron chi connectivity index (χ1n) is 12.0. The number of ether oxygens (including phenoxy) is 4. The number of ketones is 1. The standard InChI is InChI=1S/C27H34BrFN2O5/c1-8-34-20-12-16(11-18(24(20)33-7)27(4,5)6)19(32)15-31-14-17-13-21(35-9-2)25(36-10-3)23(29)22(17)26(31)30-28/h11-13H,8-10,14-15H2,1-7H3/b30-26-. The van der Waals surface area contributed by atoms with Crippen LogP contribution in [0.15, 0.2) is 22.2 Å². The SMILES string of the molecule is CCOc1cc(C(=O)CN2Cc3cc(OCC)c(OCC)c(F)c3/C2=N/Br)cc(C(C)(C)C)c1OC. The van der Waals surface area contributed by atoms with Crippen LogP contribution < -0.4 is 18.9 Å². The van der Waals surface area contributed by atoms with Gasteiger partial charge in [0.2, 0.25) is 0 Å². The van der Waals surface area contributed by atoms with Gasteiger partial charge >= 0.3 is 0 Å². The molecular formula is C27H34BrFN2O5. The van der Waals surface area contributed by atoms with Crippen LogP contribution in [0, 0.1) is 5.82 Å². The van der Waals surface area contributed by atoms with Crippen molar-refractivity contribution < 1.29 is 28.1 Å². The predicted molar refractivity (Wildman–Crippen MR) is 142 cm³/mol. The highest BCUT2D eigenvalue weighted by Gasteiger charge is 2.34. The van der Waals surface area contributed by atoms with Crippen molar-refractivity contribution in [2.75, 3.05) is 33.5 Å². The molecule has 0 unspecified atom stereocenters. The normalized spacial score (nSPS) is 14.1. The van der Waals surface area contributed by atoms with E-state index in [1.165, 1.54) is 0 Å². The fourth-order valence-electron chi connectivity index (χ4n) is 4.29. The van der Waals surface area contributed by atoms with E-state index in [2.05, 4.69) is 40.9 Å². The smallest absolute Gasteiger partial charge is 0.197 e. The van der Waals surface area contributed by atoms with Gasteiger partial charge in [-0.1, -0.05) is 20.8 Å². The van der Waals surface area contributed by atoms with E-state index in [1.54, 1.807) is 31.1 Å². The Morgan fingerprint density at radius 2 is 1.64 bits per heavy atom. The molecule has 1 aliphatic heterocycles. The third kappa shape index (κ3) is 5.45. The Kier molecular flexibility index (Phi) is 8.87. The van der Waals surface area contributed by atoms with Crippen molar-refractivity contribution in [1.29, 1.82) is 0 Å². The molecule has 0 spiro atoms. The molecule has 1 aliphatic rings. The molecule has 1 heterocycles. The summed E-state index contributed by atoms with van der Waals surface area (Å²) in [7, 11) is 1.59. The summed E-state index contributed by atoms with van der Waals surface area (Å²) in [4.78, 5) is 15.3. The lowest BCUT2D eigenvalue weighted by Gasteiger charge is -2.25. The van der Waals surface area contributed by atoms with Crippen molar-refractivity contribution in [2.45, 2.75) is 53.5 Å². The minimum absolute atomic E-state index is 0.00599. The Balaban J connectivity index is 1.99. The number of fused-ring (bicyclic) bond motifs is 1. The second-order valence-corrected chi connectivity index (χ2v) is 9.70. The van der Waals surface area contributed by atoms with Crippen molar-refractivity contribution in [2.24, 2.45) is 4.02 Å². The number of carbonyl (C=O) groups excluding carboxylic acids is 1. The summed E-state index contributed by atoms with van der Waals surface area (Å²) in [5.74, 6) is 1.14. The summed E-state index contributed by atoms with van der Waals surface area (Å²) in [5, 5.41) is 0. The number of benzene rings is 2. The lowest BCUT2D eigenvalue weighted by Crippen LogP contribution is -2.31. The molecule has 0 atom stereocenters. The van der Waals surface area contributed by atoms with E-state index < -0.39 is 5.82 Å². The second kappa shape index (κ2) is 11.5. The van der Waals surface area contributed by atoms with Crippen LogP contribution in [0.1, 0.15) is 68.6 Å². The van der Waals surface area contributed by atoms with Gasteiger partial charge in [-0.05, 0) is 49.9 Å². The lowest BCUT2D eigenvalue weighted by atomic mass is 9.84. The third-order valence-corrected chi connectivity index (χ3v) is 6.18. The molecule has 0 saturated heterocycles. The van der Waals surface area contributed by atoms with Crippen LogP contribution in [-0.4, -0.2) is 50.0 Å². The number of halogens is 2. The molecule has 2 aromatic rings. The molecule has 7 nitrogen and oxygen atoms in total. The van der Waals surface area contributed by atoms with Crippen molar-refractivity contribution in [3.63, 3.8) is 0 Å².